The molecule has 0 atom stereocenters. The van der Waals surface area contributed by atoms with Gasteiger partial charge in [0.2, 0.25) is 10.0 Å². The third-order valence-corrected chi connectivity index (χ3v) is 6.97. The Bertz CT molecular complexity index is 1180. The number of morpholine rings is 1. The van der Waals surface area contributed by atoms with E-state index in [4.69, 9.17) is 16.3 Å². The third kappa shape index (κ3) is 5.05. The van der Waals surface area contributed by atoms with Crippen molar-refractivity contribution < 1.29 is 32.4 Å². The molecule has 0 spiro atoms. The number of sulfonamides is 1. The second kappa shape index (κ2) is 9.61. The molecule has 32 heavy (non-hydrogen) atoms. The molecule has 13 heteroatoms. The van der Waals surface area contributed by atoms with Crippen molar-refractivity contribution in [2.75, 3.05) is 38.7 Å². The van der Waals surface area contributed by atoms with Crippen LogP contribution >= 0.6 is 11.6 Å². The van der Waals surface area contributed by atoms with Crippen LogP contribution in [0.15, 0.2) is 41.3 Å². The molecule has 0 aliphatic carbocycles. The molecular weight excluding hydrogens is 466 g/mol. The van der Waals surface area contributed by atoms with Gasteiger partial charge in [0.15, 0.2) is 0 Å². The number of carbonyl (C=O) groups excluding carboxylic acids is 2. The molecule has 170 valence electrons. The fraction of sp³-hybridized carbons (Fsp3) is 0.263. The molecule has 1 heterocycles. The standard InChI is InChI=1S/C19H18ClN3O8S/c1-30-19(25)13-8-12(9-15(10-13)23(26)27)18(24)21-14-2-3-16(20)17(11-14)32(28,29)22-4-6-31-7-5-22/h2-3,8-11H,4-7H2,1H3,(H,21,24). The highest BCUT2D eigenvalue weighted by atomic mass is 35.5. The van der Waals surface area contributed by atoms with Gasteiger partial charge in [0.25, 0.3) is 11.6 Å². The van der Waals surface area contributed by atoms with Gasteiger partial charge in [-0.05, 0) is 24.3 Å². The maximum absolute atomic E-state index is 12.9. The van der Waals surface area contributed by atoms with Gasteiger partial charge in [-0.25, -0.2) is 13.2 Å². The molecule has 0 aromatic heterocycles. The number of anilines is 1. The Hall–Kier alpha value is -3.06. The van der Waals surface area contributed by atoms with E-state index in [0.717, 1.165) is 25.3 Å². The molecule has 0 radical (unpaired) electrons. The SMILES string of the molecule is COC(=O)c1cc(C(=O)Nc2ccc(Cl)c(S(=O)(=O)N3CCOCC3)c2)cc([N+](=O)[O-])c1. The van der Waals surface area contributed by atoms with Crippen molar-refractivity contribution in [3.63, 3.8) is 0 Å². The van der Waals surface area contributed by atoms with E-state index in [9.17, 15) is 28.1 Å². The summed E-state index contributed by atoms with van der Waals surface area (Å²) in [6.07, 6.45) is 0. The lowest BCUT2D eigenvalue weighted by Gasteiger charge is -2.26. The van der Waals surface area contributed by atoms with Crippen LogP contribution < -0.4 is 5.32 Å². The Morgan fingerprint density at radius 2 is 1.81 bits per heavy atom. The van der Waals surface area contributed by atoms with E-state index in [0.29, 0.717) is 0 Å². The summed E-state index contributed by atoms with van der Waals surface area (Å²) in [6, 6.07) is 7.01. The fourth-order valence-electron chi connectivity index (χ4n) is 2.99. The van der Waals surface area contributed by atoms with Gasteiger partial charge in [0.1, 0.15) is 4.90 Å². The number of halogens is 1. The Balaban J connectivity index is 1.92. The number of nitro benzene ring substituents is 1. The predicted molar refractivity (Wildman–Crippen MR) is 113 cm³/mol. The summed E-state index contributed by atoms with van der Waals surface area (Å²) in [5.41, 5.74) is -0.757. The highest BCUT2D eigenvalue weighted by Crippen LogP contribution is 2.29. The van der Waals surface area contributed by atoms with Crippen LogP contribution in [0.2, 0.25) is 5.02 Å². The predicted octanol–water partition coefficient (Wildman–Crippen LogP) is 2.31. The van der Waals surface area contributed by atoms with Crippen molar-refractivity contribution in [1.29, 1.82) is 0 Å². The van der Waals surface area contributed by atoms with Crippen molar-refractivity contribution in [2.24, 2.45) is 0 Å². The van der Waals surface area contributed by atoms with E-state index in [-0.39, 0.29) is 53.0 Å². The number of esters is 1. The number of non-ortho nitro benzene ring substituents is 1. The number of methoxy groups -OCH3 is 1. The molecule has 2 aromatic rings. The van der Waals surface area contributed by atoms with Gasteiger partial charge in [0.05, 0.1) is 35.8 Å². The first-order valence-electron chi connectivity index (χ1n) is 9.20. The second-order valence-corrected chi connectivity index (χ2v) is 8.95. The molecular formula is C19H18ClN3O8S. The van der Waals surface area contributed by atoms with E-state index < -0.39 is 32.5 Å². The van der Waals surface area contributed by atoms with Crippen LogP contribution in [-0.2, 0) is 19.5 Å². The number of nitrogens with one attached hydrogen (secondary N) is 1. The average Bonchev–Trinajstić information content (AvgIpc) is 2.79. The number of hydrogen-bond acceptors (Lipinski definition) is 8. The number of carbonyl (C=O) groups is 2. The fourth-order valence-corrected chi connectivity index (χ4v) is 4.90. The first-order valence-corrected chi connectivity index (χ1v) is 11.0. The molecule has 2 aromatic carbocycles. The zero-order valence-corrected chi connectivity index (χ0v) is 18.3. The van der Waals surface area contributed by atoms with Crippen LogP contribution in [0.4, 0.5) is 11.4 Å². The molecule has 1 fully saturated rings. The molecule has 0 unspecified atom stereocenters. The molecule has 1 amide bonds. The quantitative estimate of drug-likeness (QED) is 0.374. The topological polar surface area (TPSA) is 145 Å². The first-order chi connectivity index (χ1) is 15.1. The molecule has 11 nitrogen and oxygen atoms in total. The lowest BCUT2D eigenvalue weighted by molar-refractivity contribution is -0.384. The lowest BCUT2D eigenvalue weighted by Crippen LogP contribution is -2.40. The van der Waals surface area contributed by atoms with Crippen molar-refractivity contribution in [2.45, 2.75) is 4.90 Å². The van der Waals surface area contributed by atoms with Crippen molar-refractivity contribution in [1.82, 2.24) is 4.31 Å². The summed E-state index contributed by atoms with van der Waals surface area (Å²) in [5.74, 6) is -1.65. The van der Waals surface area contributed by atoms with Gasteiger partial charge in [-0.1, -0.05) is 11.6 Å². The number of ether oxygens (including phenoxy) is 2. The minimum Gasteiger partial charge on any atom is -0.465 e. The van der Waals surface area contributed by atoms with Crippen LogP contribution in [0.3, 0.4) is 0 Å². The van der Waals surface area contributed by atoms with Crippen LogP contribution in [0.25, 0.3) is 0 Å². The summed E-state index contributed by atoms with van der Waals surface area (Å²) >= 11 is 6.10. The van der Waals surface area contributed by atoms with E-state index in [1.54, 1.807) is 0 Å². The third-order valence-electron chi connectivity index (χ3n) is 4.59. The number of rotatable bonds is 6. The van der Waals surface area contributed by atoms with Crippen LogP contribution in [0, 0.1) is 10.1 Å². The summed E-state index contributed by atoms with van der Waals surface area (Å²) < 4.78 is 36.8. The molecule has 1 N–H and O–H groups in total. The first kappa shape index (κ1) is 23.6. The van der Waals surface area contributed by atoms with Gasteiger partial charge in [-0.3, -0.25) is 14.9 Å². The van der Waals surface area contributed by atoms with E-state index >= 15 is 0 Å². The minimum absolute atomic E-state index is 0.0298. The number of amides is 1. The molecule has 0 bridgehead atoms. The van der Waals surface area contributed by atoms with Gasteiger partial charge in [-0.2, -0.15) is 4.31 Å². The van der Waals surface area contributed by atoms with Gasteiger partial charge in [-0.15, -0.1) is 0 Å². The van der Waals surface area contributed by atoms with Crippen LogP contribution in [-0.4, -0.2) is 62.9 Å². The number of hydrogen-bond donors (Lipinski definition) is 1. The summed E-state index contributed by atoms with van der Waals surface area (Å²) in [6.45, 7) is 0.837. The zero-order chi connectivity index (χ0) is 23.5. The molecule has 1 aliphatic heterocycles. The van der Waals surface area contributed by atoms with Crippen LogP contribution in [0.1, 0.15) is 20.7 Å². The van der Waals surface area contributed by atoms with Crippen molar-refractivity contribution in [3.05, 3.63) is 62.7 Å². The second-order valence-electron chi connectivity index (χ2n) is 6.63. The maximum atomic E-state index is 12.9. The van der Waals surface area contributed by atoms with Crippen molar-refractivity contribution >= 4 is 44.9 Å². The van der Waals surface area contributed by atoms with Gasteiger partial charge < -0.3 is 14.8 Å². The summed E-state index contributed by atoms with van der Waals surface area (Å²) in [7, 11) is -2.83. The van der Waals surface area contributed by atoms with Gasteiger partial charge in [0, 0.05) is 36.5 Å². The summed E-state index contributed by atoms with van der Waals surface area (Å²) in [5, 5.41) is 13.6. The van der Waals surface area contributed by atoms with E-state index in [1.807, 2.05) is 0 Å². The molecule has 0 saturated carbocycles. The van der Waals surface area contributed by atoms with Crippen molar-refractivity contribution in [3.8, 4) is 0 Å². The van der Waals surface area contributed by atoms with E-state index in [2.05, 4.69) is 10.1 Å². The smallest absolute Gasteiger partial charge is 0.338 e. The Morgan fingerprint density at radius 1 is 1.16 bits per heavy atom. The Kier molecular flexibility index (Phi) is 7.09. The molecule has 3 rings (SSSR count). The van der Waals surface area contributed by atoms with E-state index in [1.165, 1.54) is 22.5 Å². The summed E-state index contributed by atoms with van der Waals surface area (Å²) in [4.78, 5) is 34.7. The number of nitrogens with zero attached hydrogens (tertiary/aromatic N) is 2. The largest absolute Gasteiger partial charge is 0.465 e. The normalized spacial score (nSPS) is 14.6. The van der Waals surface area contributed by atoms with Crippen LogP contribution in [0.5, 0.6) is 0 Å². The number of benzene rings is 2. The number of nitro groups is 1. The Labute approximate surface area is 188 Å². The zero-order valence-electron chi connectivity index (χ0n) is 16.7. The monoisotopic (exact) mass is 483 g/mol. The molecule has 1 saturated heterocycles. The van der Waals surface area contributed by atoms with Gasteiger partial charge >= 0.3 is 5.97 Å². The average molecular weight is 484 g/mol. The lowest BCUT2D eigenvalue weighted by atomic mass is 10.1. The highest BCUT2D eigenvalue weighted by molar-refractivity contribution is 7.89. The Morgan fingerprint density at radius 3 is 2.44 bits per heavy atom. The molecule has 1 aliphatic rings. The maximum Gasteiger partial charge on any atom is 0.338 e. The minimum atomic E-state index is -3.94. The highest BCUT2D eigenvalue weighted by Gasteiger charge is 2.29.